The highest BCUT2D eigenvalue weighted by Crippen LogP contribution is 2.35. The summed E-state index contributed by atoms with van der Waals surface area (Å²) in [5.41, 5.74) is -0.553. The number of carbonyl (C=O) groups excluding carboxylic acids is 1. The van der Waals surface area contributed by atoms with E-state index in [2.05, 4.69) is 6.92 Å². The largest absolute Gasteiger partial charge is 0.466 e. The molecule has 1 aliphatic rings. The van der Waals surface area contributed by atoms with Gasteiger partial charge in [-0.25, -0.2) is 0 Å². The highest BCUT2D eigenvalue weighted by molar-refractivity contribution is 7.99. The topological polar surface area (TPSA) is 46.5 Å². The molecule has 0 aromatic heterocycles. The van der Waals surface area contributed by atoms with Crippen LogP contribution in [-0.2, 0) is 9.53 Å². The van der Waals surface area contributed by atoms with Gasteiger partial charge < -0.3 is 9.84 Å². The van der Waals surface area contributed by atoms with Gasteiger partial charge in [0.2, 0.25) is 0 Å². The van der Waals surface area contributed by atoms with Crippen LogP contribution in [0.1, 0.15) is 46.0 Å². The van der Waals surface area contributed by atoms with Gasteiger partial charge in [0.25, 0.3) is 0 Å². The molecule has 100 valence electrons. The summed E-state index contributed by atoms with van der Waals surface area (Å²) >= 11 is 1.81. The van der Waals surface area contributed by atoms with Gasteiger partial charge in [-0.1, -0.05) is 6.92 Å². The molecule has 1 aliphatic carbocycles. The Morgan fingerprint density at radius 1 is 1.41 bits per heavy atom. The molecule has 0 aliphatic heterocycles. The predicted molar refractivity (Wildman–Crippen MR) is 71.2 cm³/mol. The van der Waals surface area contributed by atoms with E-state index >= 15 is 0 Å². The zero-order valence-corrected chi connectivity index (χ0v) is 11.7. The van der Waals surface area contributed by atoms with E-state index in [-0.39, 0.29) is 11.9 Å². The van der Waals surface area contributed by atoms with Crippen LogP contribution < -0.4 is 0 Å². The van der Waals surface area contributed by atoms with Crippen molar-refractivity contribution in [3.8, 4) is 0 Å². The maximum absolute atomic E-state index is 11.6. The Hall–Kier alpha value is -0.220. The summed E-state index contributed by atoms with van der Waals surface area (Å²) in [4.78, 5) is 11.6. The molecule has 1 saturated carbocycles. The van der Waals surface area contributed by atoms with E-state index in [1.54, 1.807) is 0 Å². The summed E-state index contributed by atoms with van der Waals surface area (Å²) < 4.78 is 5.02. The second-order valence-electron chi connectivity index (χ2n) is 4.80. The smallest absolute Gasteiger partial charge is 0.308 e. The average molecular weight is 260 g/mol. The molecule has 0 saturated heterocycles. The van der Waals surface area contributed by atoms with Crippen molar-refractivity contribution in [2.75, 3.05) is 18.1 Å². The van der Waals surface area contributed by atoms with Gasteiger partial charge in [0.05, 0.1) is 18.1 Å². The van der Waals surface area contributed by atoms with Gasteiger partial charge in [-0.15, -0.1) is 0 Å². The predicted octanol–water partition coefficient (Wildman–Crippen LogP) is 2.61. The van der Waals surface area contributed by atoms with Crippen molar-refractivity contribution in [2.45, 2.75) is 51.6 Å². The van der Waals surface area contributed by atoms with Gasteiger partial charge in [0.1, 0.15) is 0 Å². The molecule has 3 nitrogen and oxygen atoms in total. The zero-order valence-electron chi connectivity index (χ0n) is 10.9. The maximum Gasteiger partial charge on any atom is 0.308 e. The first kappa shape index (κ1) is 14.8. The van der Waals surface area contributed by atoms with Crippen LogP contribution in [0.5, 0.6) is 0 Å². The summed E-state index contributed by atoms with van der Waals surface area (Å²) in [7, 11) is 0. The molecule has 0 aromatic carbocycles. The van der Waals surface area contributed by atoms with Gasteiger partial charge in [0, 0.05) is 5.75 Å². The van der Waals surface area contributed by atoms with Crippen molar-refractivity contribution in [3.05, 3.63) is 0 Å². The quantitative estimate of drug-likeness (QED) is 0.589. The lowest BCUT2D eigenvalue weighted by atomic mass is 9.80. The van der Waals surface area contributed by atoms with E-state index in [9.17, 15) is 9.90 Å². The molecule has 0 heterocycles. The fourth-order valence-electron chi connectivity index (χ4n) is 2.20. The third-order valence-corrected chi connectivity index (χ3v) is 4.69. The number of thioether (sulfide) groups is 1. The first-order chi connectivity index (χ1) is 8.11. The fraction of sp³-hybridized carbons (Fsp3) is 0.923. The van der Waals surface area contributed by atoms with Crippen LogP contribution in [0.4, 0.5) is 0 Å². The monoisotopic (exact) mass is 260 g/mol. The minimum atomic E-state index is -0.553. The van der Waals surface area contributed by atoms with Gasteiger partial charge >= 0.3 is 5.97 Å². The third kappa shape index (κ3) is 4.88. The van der Waals surface area contributed by atoms with E-state index in [0.29, 0.717) is 6.61 Å². The molecule has 0 unspecified atom stereocenters. The summed E-state index contributed by atoms with van der Waals surface area (Å²) in [6, 6.07) is 0. The van der Waals surface area contributed by atoms with Crippen molar-refractivity contribution in [2.24, 2.45) is 5.92 Å². The van der Waals surface area contributed by atoms with Gasteiger partial charge in [-0.3, -0.25) is 4.79 Å². The molecule has 0 spiro atoms. The minimum Gasteiger partial charge on any atom is -0.466 e. The lowest BCUT2D eigenvalue weighted by molar-refractivity contribution is -0.150. The second-order valence-corrected chi connectivity index (χ2v) is 5.91. The van der Waals surface area contributed by atoms with Gasteiger partial charge in [0.15, 0.2) is 0 Å². The summed E-state index contributed by atoms with van der Waals surface area (Å²) in [5, 5.41) is 10.4. The normalized spacial score (nSPS) is 29.0. The molecule has 1 rings (SSSR count). The van der Waals surface area contributed by atoms with Crippen molar-refractivity contribution in [1.82, 2.24) is 0 Å². The van der Waals surface area contributed by atoms with Crippen molar-refractivity contribution < 1.29 is 14.6 Å². The molecule has 0 radical (unpaired) electrons. The highest BCUT2D eigenvalue weighted by atomic mass is 32.2. The molecular weight excluding hydrogens is 236 g/mol. The lowest BCUT2D eigenvalue weighted by Crippen LogP contribution is -2.38. The van der Waals surface area contributed by atoms with Crippen LogP contribution in [-0.4, -0.2) is 34.8 Å². The van der Waals surface area contributed by atoms with E-state index < -0.39 is 5.60 Å². The maximum atomic E-state index is 11.6. The Labute approximate surface area is 108 Å². The molecule has 0 bridgehead atoms. The molecular formula is C13H24O3S. The first-order valence-electron chi connectivity index (χ1n) is 6.58. The lowest BCUT2D eigenvalue weighted by Gasteiger charge is -2.34. The van der Waals surface area contributed by atoms with Crippen LogP contribution in [0.15, 0.2) is 0 Å². The second kappa shape index (κ2) is 7.27. The standard InChI is InChI=1S/C13H24O3S/c1-3-9-17-10-13(15)7-5-11(6-8-13)12(14)16-4-2/h11,15H,3-10H2,1-2H3. The number of esters is 1. The summed E-state index contributed by atoms with van der Waals surface area (Å²) in [6.07, 6.45) is 4.14. The van der Waals surface area contributed by atoms with E-state index in [4.69, 9.17) is 4.74 Å². The summed E-state index contributed by atoms with van der Waals surface area (Å²) in [5.74, 6) is 1.82. The number of carbonyl (C=O) groups is 1. The third-order valence-electron chi connectivity index (χ3n) is 3.26. The molecule has 0 amide bonds. The number of aliphatic hydroxyl groups is 1. The minimum absolute atomic E-state index is 0.00593. The number of hydrogen-bond donors (Lipinski definition) is 1. The number of rotatable bonds is 6. The Balaban J connectivity index is 2.31. The van der Waals surface area contributed by atoms with Gasteiger partial charge in [-0.05, 0) is 44.8 Å². The number of hydrogen-bond acceptors (Lipinski definition) is 4. The van der Waals surface area contributed by atoms with Crippen molar-refractivity contribution in [1.29, 1.82) is 0 Å². The van der Waals surface area contributed by atoms with E-state index in [0.717, 1.165) is 43.6 Å². The van der Waals surface area contributed by atoms with Crippen LogP contribution in [0.25, 0.3) is 0 Å². The molecule has 17 heavy (non-hydrogen) atoms. The Kier molecular flexibility index (Phi) is 6.34. The van der Waals surface area contributed by atoms with Crippen LogP contribution in [0.2, 0.25) is 0 Å². The zero-order chi connectivity index (χ0) is 12.7. The molecule has 4 heteroatoms. The molecule has 0 atom stereocenters. The van der Waals surface area contributed by atoms with E-state index in [1.807, 2.05) is 18.7 Å². The first-order valence-corrected chi connectivity index (χ1v) is 7.73. The van der Waals surface area contributed by atoms with Crippen molar-refractivity contribution >= 4 is 17.7 Å². The Morgan fingerprint density at radius 2 is 2.06 bits per heavy atom. The van der Waals surface area contributed by atoms with E-state index in [1.165, 1.54) is 0 Å². The highest BCUT2D eigenvalue weighted by Gasteiger charge is 2.36. The van der Waals surface area contributed by atoms with Crippen LogP contribution in [0, 0.1) is 5.92 Å². The van der Waals surface area contributed by atoms with Crippen LogP contribution >= 0.6 is 11.8 Å². The Morgan fingerprint density at radius 3 is 2.59 bits per heavy atom. The SMILES string of the molecule is CCCSCC1(O)CCC(C(=O)OCC)CC1. The Bertz CT molecular complexity index is 235. The molecule has 1 fully saturated rings. The fourth-order valence-corrected chi connectivity index (χ4v) is 3.30. The van der Waals surface area contributed by atoms with Crippen molar-refractivity contribution in [3.63, 3.8) is 0 Å². The average Bonchev–Trinajstić information content (AvgIpc) is 2.30. The van der Waals surface area contributed by atoms with Crippen LogP contribution in [0.3, 0.4) is 0 Å². The summed E-state index contributed by atoms with van der Waals surface area (Å²) in [6.45, 7) is 4.43. The number of ether oxygens (including phenoxy) is 1. The van der Waals surface area contributed by atoms with Gasteiger partial charge in [-0.2, -0.15) is 11.8 Å². The molecule has 0 aromatic rings. The molecule has 1 N–H and O–H groups in total.